The second kappa shape index (κ2) is 6.04. The van der Waals surface area contributed by atoms with Gasteiger partial charge in [-0.3, -0.25) is 0 Å². The summed E-state index contributed by atoms with van der Waals surface area (Å²) in [4.78, 5) is 0. The van der Waals surface area contributed by atoms with Crippen LogP contribution in [0.3, 0.4) is 0 Å². The molecule has 3 N–H and O–H groups in total. The van der Waals surface area contributed by atoms with Crippen molar-refractivity contribution in [2.45, 2.75) is 37.8 Å². The molecular formula is C16H24N2O. The third-order valence-electron chi connectivity index (χ3n) is 4.54. The maximum absolute atomic E-state index is 6.19. The average molecular weight is 260 g/mol. The van der Waals surface area contributed by atoms with E-state index in [0.717, 1.165) is 32.1 Å². The summed E-state index contributed by atoms with van der Waals surface area (Å²) in [6.45, 7) is 2.99. The monoisotopic (exact) mass is 260 g/mol. The minimum atomic E-state index is 0.205. The Bertz CT molecular complexity index is 415. The van der Waals surface area contributed by atoms with Gasteiger partial charge < -0.3 is 15.8 Å². The van der Waals surface area contributed by atoms with Crippen molar-refractivity contribution in [2.24, 2.45) is 11.7 Å². The second-order valence-electron chi connectivity index (χ2n) is 5.82. The van der Waals surface area contributed by atoms with Gasteiger partial charge in [0, 0.05) is 25.3 Å². The zero-order valence-corrected chi connectivity index (χ0v) is 11.5. The topological polar surface area (TPSA) is 47.3 Å². The molecule has 1 fully saturated rings. The molecule has 1 saturated heterocycles. The van der Waals surface area contributed by atoms with Crippen LogP contribution in [0.15, 0.2) is 24.3 Å². The largest absolute Gasteiger partial charge is 0.381 e. The number of hydrogen-bond acceptors (Lipinski definition) is 3. The molecule has 104 valence electrons. The molecule has 1 heterocycles. The highest BCUT2D eigenvalue weighted by Gasteiger charge is 2.27. The number of ether oxygens (including phenoxy) is 1. The molecule has 2 unspecified atom stereocenters. The van der Waals surface area contributed by atoms with E-state index in [1.807, 2.05) is 0 Å². The molecule has 19 heavy (non-hydrogen) atoms. The number of benzene rings is 1. The third kappa shape index (κ3) is 2.99. The summed E-state index contributed by atoms with van der Waals surface area (Å²) in [7, 11) is 0. The fraction of sp³-hybridized carbons (Fsp3) is 0.625. The van der Waals surface area contributed by atoms with Gasteiger partial charge in [0.1, 0.15) is 0 Å². The van der Waals surface area contributed by atoms with Gasteiger partial charge >= 0.3 is 0 Å². The van der Waals surface area contributed by atoms with Gasteiger partial charge in [-0.15, -0.1) is 0 Å². The summed E-state index contributed by atoms with van der Waals surface area (Å²) < 4.78 is 5.40. The Morgan fingerprint density at radius 1 is 1.16 bits per heavy atom. The molecule has 2 atom stereocenters. The Hall–Kier alpha value is -0.900. The summed E-state index contributed by atoms with van der Waals surface area (Å²) in [5.74, 6) is 0.839. The van der Waals surface area contributed by atoms with Crippen molar-refractivity contribution in [3.63, 3.8) is 0 Å². The summed E-state index contributed by atoms with van der Waals surface area (Å²) in [6.07, 6.45) is 4.75. The molecule has 1 aromatic carbocycles. The maximum atomic E-state index is 6.19. The van der Waals surface area contributed by atoms with E-state index in [4.69, 9.17) is 10.5 Å². The van der Waals surface area contributed by atoms with E-state index in [0.29, 0.717) is 6.04 Å². The van der Waals surface area contributed by atoms with E-state index < -0.39 is 0 Å². The van der Waals surface area contributed by atoms with E-state index in [2.05, 4.69) is 29.6 Å². The first-order valence-corrected chi connectivity index (χ1v) is 7.50. The highest BCUT2D eigenvalue weighted by atomic mass is 16.5. The normalized spacial score (nSPS) is 27.4. The second-order valence-corrected chi connectivity index (χ2v) is 5.82. The Labute approximate surface area is 115 Å². The number of nitrogens with one attached hydrogen (secondary N) is 1. The molecule has 0 saturated carbocycles. The van der Waals surface area contributed by atoms with Crippen LogP contribution >= 0.6 is 0 Å². The fourth-order valence-electron chi connectivity index (χ4n) is 3.36. The number of nitrogens with two attached hydrogens (primary N) is 1. The molecule has 1 aliphatic carbocycles. The van der Waals surface area contributed by atoms with Gasteiger partial charge in [0.05, 0.1) is 0 Å². The number of rotatable bonds is 4. The van der Waals surface area contributed by atoms with Crippen molar-refractivity contribution in [2.75, 3.05) is 19.8 Å². The zero-order chi connectivity index (χ0) is 13.1. The lowest BCUT2D eigenvalue weighted by molar-refractivity contribution is 0.0637. The van der Waals surface area contributed by atoms with Crippen LogP contribution in [0.2, 0.25) is 0 Å². The standard InChI is InChI=1S/C16H24N2O/c17-15-11-16(14-4-2-1-3-13(14)15)18-8-5-12-6-9-19-10-7-12/h1-4,12,15-16,18H,5-11,17H2. The van der Waals surface area contributed by atoms with Gasteiger partial charge in [0.15, 0.2) is 0 Å². The van der Waals surface area contributed by atoms with E-state index in [1.165, 1.54) is 30.4 Å². The van der Waals surface area contributed by atoms with Gasteiger partial charge in [0.2, 0.25) is 0 Å². The first-order chi connectivity index (χ1) is 9.34. The van der Waals surface area contributed by atoms with Crippen LogP contribution in [0.25, 0.3) is 0 Å². The Morgan fingerprint density at radius 3 is 2.68 bits per heavy atom. The minimum Gasteiger partial charge on any atom is -0.381 e. The van der Waals surface area contributed by atoms with E-state index in [1.54, 1.807) is 0 Å². The predicted molar refractivity (Wildman–Crippen MR) is 76.9 cm³/mol. The molecule has 2 aliphatic rings. The fourth-order valence-corrected chi connectivity index (χ4v) is 3.36. The highest BCUT2D eigenvalue weighted by molar-refractivity contribution is 5.37. The molecule has 3 rings (SSSR count). The lowest BCUT2D eigenvalue weighted by Crippen LogP contribution is -2.25. The molecule has 0 aromatic heterocycles. The Morgan fingerprint density at radius 2 is 1.89 bits per heavy atom. The summed E-state index contributed by atoms with van der Waals surface area (Å²) in [6, 6.07) is 9.24. The van der Waals surface area contributed by atoms with Crippen LogP contribution < -0.4 is 11.1 Å². The van der Waals surface area contributed by atoms with E-state index in [-0.39, 0.29) is 6.04 Å². The molecule has 1 aliphatic heterocycles. The molecule has 3 heteroatoms. The molecule has 1 aromatic rings. The molecule has 0 bridgehead atoms. The average Bonchev–Trinajstić information content (AvgIpc) is 2.78. The van der Waals surface area contributed by atoms with Crippen molar-refractivity contribution in [3.8, 4) is 0 Å². The number of fused-ring (bicyclic) bond motifs is 1. The van der Waals surface area contributed by atoms with Crippen LogP contribution in [0, 0.1) is 5.92 Å². The van der Waals surface area contributed by atoms with Gasteiger partial charge in [-0.2, -0.15) is 0 Å². The van der Waals surface area contributed by atoms with Gasteiger partial charge in [0.25, 0.3) is 0 Å². The zero-order valence-electron chi connectivity index (χ0n) is 11.5. The van der Waals surface area contributed by atoms with Gasteiger partial charge in [-0.25, -0.2) is 0 Å². The lowest BCUT2D eigenvalue weighted by atomic mass is 9.96. The molecule has 0 radical (unpaired) electrons. The Kier molecular flexibility index (Phi) is 4.16. The van der Waals surface area contributed by atoms with Crippen LogP contribution in [-0.4, -0.2) is 19.8 Å². The van der Waals surface area contributed by atoms with Gasteiger partial charge in [-0.05, 0) is 49.3 Å². The van der Waals surface area contributed by atoms with E-state index >= 15 is 0 Å². The maximum Gasteiger partial charge on any atom is 0.0468 e. The van der Waals surface area contributed by atoms with Crippen LogP contribution in [0.1, 0.15) is 48.9 Å². The van der Waals surface area contributed by atoms with Crippen LogP contribution in [0.5, 0.6) is 0 Å². The van der Waals surface area contributed by atoms with Crippen molar-refractivity contribution >= 4 is 0 Å². The van der Waals surface area contributed by atoms with Crippen molar-refractivity contribution < 1.29 is 4.74 Å². The summed E-state index contributed by atoms with van der Waals surface area (Å²) in [5, 5.41) is 3.69. The first kappa shape index (κ1) is 13.1. The van der Waals surface area contributed by atoms with E-state index in [9.17, 15) is 0 Å². The molecule has 0 spiro atoms. The quantitative estimate of drug-likeness (QED) is 0.874. The summed E-state index contributed by atoms with van der Waals surface area (Å²) in [5.41, 5.74) is 8.92. The Balaban J connectivity index is 1.51. The molecular weight excluding hydrogens is 236 g/mol. The van der Waals surface area contributed by atoms with Crippen molar-refractivity contribution in [3.05, 3.63) is 35.4 Å². The minimum absolute atomic E-state index is 0.205. The summed E-state index contributed by atoms with van der Waals surface area (Å²) >= 11 is 0. The van der Waals surface area contributed by atoms with Crippen LogP contribution in [-0.2, 0) is 4.74 Å². The highest BCUT2D eigenvalue weighted by Crippen LogP contribution is 2.36. The van der Waals surface area contributed by atoms with Crippen molar-refractivity contribution in [1.82, 2.24) is 5.32 Å². The molecule has 3 nitrogen and oxygen atoms in total. The molecule has 0 amide bonds. The smallest absolute Gasteiger partial charge is 0.0468 e. The predicted octanol–water partition coefficient (Wildman–Crippen LogP) is 2.54. The third-order valence-corrected chi connectivity index (χ3v) is 4.54. The van der Waals surface area contributed by atoms with Crippen molar-refractivity contribution in [1.29, 1.82) is 0 Å². The SMILES string of the molecule is NC1CC(NCCC2CCOCC2)c2ccccc21. The van der Waals surface area contributed by atoms with Gasteiger partial charge in [-0.1, -0.05) is 24.3 Å². The first-order valence-electron chi connectivity index (χ1n) is 7.50. The lowest BCUT2D eigenvalue weighted by Gasteiger charge is -2.23. The van der Waals surface area contributed by atoms with Crippen LogP contribution in [0.4, 0.5) is 0 Å². The number of hydrogen-bond donors (Lipinski definition) is 2.